The van der Waals surface area contributed by atoms with Crippen molar-refractivity contribution in [1.29, 1.82) is 0 Å². The molecule has 2 aromatic heterocycles. The number of hydrogen-bond acceptors (Lipinski definition) is 7. The number of fused-ring (bicyclic) bond motifs is 1. The van der Waals surface area contributed by atoms with E-state index >= 15 is 0 Å². The number of likely N-dealkylation sites (tertiary alicyclic amines) is 1. The van der Waals surface area contributed by atoms with E-state index in [1.807, 2.05) is 25.8 Å². The Labute approximate surface area is 200 Å². The van der Waals surface area contributed by atoms with E-state index in [9.17, 15) is 22.8 Å². The van der Waals surface area contributed by atoms with Crippen molar-refractivity contribution in [3.63, 3.8) is 0 Å². The Morgan fingerprint density at radius 2 is 1.94 bits per heavy atom. The van der Waals surface area contributed by atoms with Crippen molar-refractivity contribution >= 4 is 54.1 Å². The molecule has 0 aromatic carbocycles. The number of likely N-dealkylation sites (N-methyl/N-ethyl adjacent to an activating group) is 1. The van der Waals surface area contributed by atoms with Crippen LogP contribution in [0.4, 0.5) is 30.6 Å². The Hall–Kier alpha value is -2.54. The Kier molecular flexibility index (Phi) is 6.85. The fourth-order valence-electron chi connectivity index (χ4n) is 3.96. The lowest BCUT2D eigenvalue weighted by molar-refractivity contribution is -0.134. The zero-order valence-corrected chi connectivity index (χ0v) is 20.3. The maximum atomic E-state index is 12.8. The molecule has 2 aliphatic heterocycles. The van der Waals surface area contributed by atoms with Crippen LogP contribution in [0.25, 0.3) is 0 Å². The molecule has 2 aromatic rings. The van der Waals surface area contributed by atoms with E-state index in [4.69, 9.17) is 0 Å². The van der Waals surface area contributed by atoms with E-state index in [2.05, 4.69) is 20.6 Å². The minimum Gasteiger partial charge on any atom is -0.348 e. The number of halogens is 3. The van der Waals surface area contributed by atoms with E-state index in [0.717, 1.165) is 6.07 Å². The SMILES string of the molecule is Cc1nc(NC2CN(C(=O)c3ccc(C(F)(F)F)s3)C2)nc2c1NC(=O)[C@H](C(C)C)N2C.S. The summed E-state index contributed by atoms with van der Waals surface area (Å²) in [6, 6.07) is 1.66. The molecule has 8 nitrogen and oxygen atoms in total. The van der Waals surface area contributed by atoms with Crippen LogP contribution < -0.4 is 15.5 Å². The second kappa shape index (κ2) is 9.01. The van der Waals surface area contributed by atoms with Crippen LogP contribution in [-0.4, -0.2) is 58.9 Å². The van der Waals surface area contributed by atoms with Gasteiger partial charge in [-0.15, -0.1) is 11.3 Å². The molecule has 0 saturated carbocycles. The minimum atomic E-state index is -4.45. The molecule has 1 saturated heterocycles. The van der Waals surface area contributed by atoms with Crippen LogP contribution in [-0.2, 0) is 11.0 Å². The van der Waals surface area contributed by atoms with Gasteiger partial charge in [-0.2, -0.15) is 31.7 Å². The molecule has 180 valence electrons. The van der Waals surface area contributed by atoms with Crippen molar-refractivity contribution in [2.75, 3.05) is 35.7 Å². The number of amides is 2. The Bertz CT molecular complexity index is 1070. The van der Waals surface area contributed by atoms with Crippen molar-refractivity contribution in [3.8, 4) is 0 Å². The van der Waals surface area contributed by atoms with Crippen LogP contribution in [0, 0.1) is 12.8 Å². The van der Waals surface area contributed by atoms with Crippen molar-refractivity contribution < 1.29 is 22.8 Å². The Morgan fingerprint density at radius 1 is 1.27 bits per heavy atom. The van der Waals surface area contributed by atoms with Gasteiger partial charge in [-0.25, -0.2) is 4.98 Å². The van der Waals surface area contributed by atoms with Gasteiger partial charge in [0.25, 0.3) is 5.91 Å². The second-order valence-electron chi connectivity index (χ2n) is 8.33. The number of nitrogens with zero attached hydrogens (tertiary/aromatic N) is 4. The number of anilines is 3. The van der Waals surface area contributed by atoms with Gasteiger partial charge >= 0.3 is 6.18 Å². The van der Waals surface area contributed by atoms with Gasteiger partial charge in [0.15, 0.2) is 5.82 Å². The molecule has 0 spiro atoms. The Balaban J connectivity index is 0.00000306. The molecule has 0 unspecified atom stereocenters. The summed E-state index contributed by atoms with van der Waals surface area (Å²) in [6.45, 7) is 6.37. The van der Waals surface area contributed by atoms with Gasteiger partial charge in [-0.1, -0.05) is 13.8 Å². The highest BCUT2D eigenvalue weighted by Crippen LogP contribution is 2.36. The van der Waals surface area contributed by atoms with E-state index in [1.54, 1.807) is 6.92 Å². The van der Waals surface area contributed by atoms with E-state index in [-0.39, 0.29) is 42.3 Å². The topological polar surface area (TPSA) is 90.5 Å². The molecule has 1 fully saturated rings. The molecular formula is C20H25F3N6O2S2. The van der Waals surface area contributed by atoms with Crippen molar-refractivity contribution in [2.24, 2.45) is 5.92 Å². The third-order valence-electron chi connectivity index (χ3n) is 5.57. The van der Waals surface area contributed by atoms with Gasteiger partial charge in [0.1, 0.15) is 16.6 Å². The second-order valence-corrected chi connectivity index (χ2v) is 9.42. The summed E-state index contributed by atoms with van der Waals surface area (Å²) >= 11 is 0.450. The third kappa shape index (κ3) is 4.74. The molecule has 0 aliphatic carbocycles. The molecule has 4 heterocycles. The Morgan fingerprint density at radius 3 is 2.52 bits per heavy atom. The molecular weight excluding hydrogens is 477 g/mol. The maximum Gasteiger partial charge on any atom is 0.425 e. The predicted molar refractivity (Wildman–Crippen MR) is 125 cm³/mol. The lowest BCUT2D eigenvalue weighted by Gasteiger charge is -2.40. The van der Waals surface area contributed by atoms with Crippen molar-refractivity contribution in [3.05, 3.63) is 27.6 Å². The first-order chi connectivity index (χ1) is 15.0. The molecule has 0 radical (unpaired) electrons. The zero-order chi connectivity index (χ0) is 23.4. The minimum absolute atomic E-state index is 0. The maximum absolute atomic E-state index is 12.8. The molecule has 2 N–H and O–H groups in total. The number of hydrogen-bond donors (Lipinski definition) is 2. The van der Waals surface area contributed by atoms with Gasteiger partial charge in [0.05, 0.1) is 16.6 Å². The molecule has 0 bridgehead atoms. The number of aromatic nitrogens is 2. The number of carbonyl (C=O) groups is 2. The summed E-state index contributed by atoms with van der Waals surface area (Å²) < 4.78 is 38.3. The van der Waals surface area contributed by atoms with Crippen LogP contribution in [0.2, 0.25) is 0 Å². The molecule has 4 rings (SSSR count). The van der Waals surface area contributed by atoms with Crippen LogP contribution >= 0.6 is 24.8 Å². The summed E-state index contributed by atoms with van der Waals surface area (Å²) in [6.07, 6.45) is -4.45. The summed E-state index contributed by atoms with van der Waals surface area (Å²) in [5, 5.41) is 6.06. The van der Waals surface area contributed by atoms with E-state index in [1.165, 1.54) is 11.0 Å². The molecule has 1 atom stereocenters. The molecule has 2 amide bonds. The van der Waals surface area contributed by atoms with Gasteiger partial charge < -0.3 is 20.4 Å². The number of nitrogens with one attached hydrogen (secondary N) is 2. The van der Waals surface area contributed by atoms with Gasteiger partial charge in [0.2, 0.25) is 11.9 Å². The fraction of sp³-hybridized carbons (Fsp3) is 0.500. The van der Waals surface area contributed by atoms with E-state index < -0.39 is 17.0 Å². The average molecular weight is 503 g/mol. The van der Waals surface area contributed by atoms with Crippen molar-refractivity contribution in [2.45, 2.75) is 39.0 Å². The van der Waals surface area contributed by atoms with Gasteiger partial charge in [-0.05, 0) is 25.0 Å². The first-order valence-electron chi connectivity index (χ1n) is 10.1. The van der Waals surface area contributed by atoms with Gasteiger partial charge in [0, 0.05) is 20.1 Å². The molecule has 33 heavy (non-hydrogen) atoms. The third-order valence-corrected chi connectivity index (χ3v) is 6.69. The quantitative estimate of drug-likeness (QED) is 0.667. The standard InChI is InChI=1S/C20H23F3N6O2S.H2S/c1-9(2)15-17(30)26-14-10(3)24-19(27-16(14)28(15)4)25-11-7-29(8-11)18(31)12-5-6-13(32-12)20(21,22)23;/h5-6,9,11,15H,7-8H2,1-4H3,(H,26,30)(H,24,25,27);1H2/t15-;/m0./s1. The summed E-state index contributed by atoms with van der Waals surface area (Å²) in [7, 11) is 1.82. The van der Waals surface area contributed by atoms with Crippen LogP contribution in [0.1, 0.15) is 34.1 Å². The number of rotatable bonds is 4. The highest BCUT2D eigenvalue weighted by Gasteiger charge is 2.38. The van der Waals surface area contributed by atoms with Crippen molar-refractivity contribution in [1.82, 2.24) is 14.9 Å². The first kappa shape index (κ1) is 25.1. The number of alkyl halides is 3. The summed E-state index contributed by atoms with van der Waals surface area (Å²) in [5.41, 5.74) is 1.19. The molecule has 2 aliphatic rings. The zero-order valence-electron chi connectivity index (χ0n) is 18.4. The number of aryl methyl sites for hydroxylation is 1. The van der Waals surface area contributed by atoms with Crippen LogP contribution in [0.5, 0.6) is 0 Å². The predicted octanol–water partition coefficient (Wildman–Crippen LogP) is 3.33. The van der Waals surface area contributed by atoms with E-state index in [0.29, 0.717) is 47.6 Å². The smallest absolute Gasteiger partial charge is 0.348 e. The normalized spacial score (nSPS) is 18.4. The monoisotopic (exact) mass is 502 g/mol. The molecule has 13 heteroatoms. The first-order valence-corrected chi connectivity index (χ1v) is 10.9. The van der Waals surface area contributed by atoms with Crippen LogP contribution in [0.3, 0.4) is 0 Å². The largest absolute Gasteiger partial charge is 0.425 e. The number of thiophene rings is 1. The summed E-state index contributed by atoms with van der Waals surface area (Å²) in [5.74, 6) is 0.551. The van der Waals surface area contributed by atoms with Gasteiger partial charge in [-0.3, -0.25) is 9.59 Å². The fourth-order valence-corrected chi connectivity index (χ4v) is 4.80. The summed E-state index contributed by atoms with van der Waals surface area (Å²) in [4.78, 5) is 36.5. The van der Waals surface area contributed by atoms with Crippen LogP contribution in [0.15, 0.2) is 12.1 Å². The lowest BCUT2D eigenvalue weighted by atomic mass is 9.99. The highest BCUT2D eigenvalue weighted by molar-refractivity contribution is 7.59. The number of carbonyl (C=O) groups excluding carboxylic acids is 2. The average Bonchev–Trinajstić information content (AvgIpc) is 3.15. The highest BCUT2D eigenvalue weighted by atomic mass is 32.1. The lowest BCUT2D eigenvalue weighted by Crippen LogP contribution is -2.57.